The van der Waals surface area contributed by atoms with Crippen LogP contribution in [0.2, 0.25) is 0 Å². The monoisotopic (exact) mass is 157 g/mol. The van der Waals surface area contributed by atoms with Crippen LogP contribution in [0.1, 0.15) is 16.1 Å². The number of aromatic amines is 2. The van der Waals surface area contributed by atoms with Gasteiger partial charge >= 0.3 is 5.97 Å². The third kappa shape index (κ3) is 1.15. The Balaban J connectivity index is 3.29. The lowest BCUT2D eigenvalue weighted by Gasteiger charge is -1.90. The van der Waals surface area contributed by atoms with E-state index >= 15 is 0 Å². The van der Waals surface area contributed by atoms with Crippen molar-refractivity contribution in [3.05, 3.63) is 21.6 Å². The molecule has 5 N–H and O–H groups in total. The van der Waals surface area contributed by atoms with Crippen molar-refractivity contribution in [1.29, 1.82) is 0 Å². The standard InChI is InChI=1S/C5H7N3O3/c6-1-2-3(5(10)11)4(9)8-7-2/h1,6H2,(H,10,11)(H2,7,8,9). The minimum Gasteiger partial charge on any atom is -0.477 e. The maximum Gasteiger partial charge on any atom is 0.343 e. The number of carboxylic acids is 1. The first-order valence-corrected chi connectivity index (χ1v) is 2.89. The Hall–Kier alpha value is -1.56. The molecule has 11 heavy (non-hydrogen) atoms. The van der Waals surface area contributed by atoms with Gasteiger partial charge in [-0.2, -0.15) is 0 Å². The van der Waals surface area contributed by atoms with Gasteiger partial charge in [-0.25, -0.2) is 4.79 Å². The van der Waals surface area contributed by atoms with Gasteiger partial charge in [-0.05, 0) is 0 Å². The molecule has 0 saturated carbocycles. The first-order chi connectivity index (χ1) is 5.16. The van der Waals surface area contributed by atoms with Crippen LogP contribution in [-0.2, 0) is 6.54 Å². The summed E-state index contributed by atoms with van der Waals surface area (Å²) in [5, 5.41) is 13.0. The molecule has 1 aromatic rings. The van der Waals surface area contributed by atoms with E-state index in [1.807, 2.05) is 0 Å². The van der Waals surface area contributed by atoms with Crippen molar-refractivity contribution < 1.29 is 9.90 Å². The van der Waals surface area contributed by atoms with Gasteiger partial charge < -0.3 is 15.9 Å². The smallest absolute Gasteiger partial charge is 0.343 e. The van der Waals surface area contributed by atoms with Crippen molar-refractivity contribution in [2.75, 3.05) is 0 Å². The van der Waals surface area contributed by atoms with Crippen LogP contribution >= 0.6 is 0 Å². The van der Waals surface area contributed by atoms with Crippen molar-refractivity contribution >= 4 is 5.97 Å². The van der Waals surface area contributed by atoms with Crippen LogP contribution in [0.3, 0.4) is 0 Å². The quantitative estimate of drug-likeness (QED) is 0.434. The minimum atomic E-state index is -1.27. The number of rotatable bonds is 2. The molecule has 60 valence electrons. The summed E-state index contributed by atoms with van der Waals surface area (Å²) in [6.07, 6.45) is 0. The van der Waals surface area contributed by atoms with Crippen molar-refractivity contribution in [2.24, 2.45) is 5.73 Å². The summed E-state index contributed by atoms with van der Waals surface area (Å²) in [5.41, 5.74) is 4.39. The predicted molar refractivity (Wildman–Crippen MR) is 36.3 cm³/mol. The Bertz CT molecular complexity index is 324. The molecule has 1 aromatic heterocycles. The molecule has 0 spiro atoms. The lowest BCUT2D eigenvalue weighted by atomic mass is 10.2. The molecule has 0 aliphatic carbocycles. The number of hydrogen-bond acceptors (Lipinski definition) is 3. The molecule has 0 aliphatic heterocycles. The number of nitrogens with two attached hydrogens (primary N) is 1. The van der Waals surface area contributed by atoms with E-state index < -0.39 is 11.5 Å². The summed E-state index contributed by atoms with van der Waals surface area (Å²) in [5.74, 6) is -1.27. The molecule has 0 aromatic carbocycles. The largest absolute Gasteiger partial charge is 0.477 e. The molecule has 0 radical (unpaired) electrons. The molecule has 1 rings (SSSR count). The van der Waals surface area contributed by atoms with Crippen LogP contribution in [0.4, 0.5) is 0 Å². The molecule has 0 aliphatic rings. The van der Waals surface area contributed by atoms with Crippen LogP contribution < -0.4 is 11.3 Å². The van der Waals surface area contributed by atoms with Crippen LogP contribution in [0.5, 0.6) is 0 Å². The van der Waals surface area contributed by atoms with Gasteiger partial charge in [0.25, 0.3) is 5.56 Å². The Morgan fingerprint density at radius 3 is 2.55 bits per heavy atom. The fourth-order valence-corrected chi connectivity index (χ4v) is 0.774. The van der Waals surface area contributed by atoms with Crippen LogP contribution in [0.15, 0.2) is 4.79 Å². The van der Waals surface area contributed by atoms with Gasteiger partial charge in [0.2, 0.25) is 0 Å². The molecular formula is C5H7N3O3. The molecule has 0 atom stereocenters. The highest BCUT2D eigenvalue weighted by Crippen LogP contribution is 1.96. The van der Waals surface area contributed by atoms with E-state index in [0.717, 1.165) is 0 Å². The minimum absolute atomic E-state index is 0.000370. The first-order valence-electron chi connectivity index (χ1n) is 2.89. The van der Waals surface area contributed by atoms with Gasteiger partial charge in [0.05, 0.1) is 5.69 Å². The van der Waals surface area contributed by atoms with Gasteiger partial charge in [-0.1, -0.05) is 0 Å². The van der Waals surface area contributed by atoms with E-state index in [9.17, 15) is 9.59 Å². The van der Waals surface area contributed by atoms with E-state index in [1.165, 1.54) is 0 Å². The van der Waals surface area contributed by atoms with E-state index in [0.29, 0.717) is 0 Å². The predicted octanol–water partition coefficient (Wildman–Crippen LogP) is -1.14. The number of nitrogens with one attached hydrogen (secondary N) is 2. The molecule has 6 heteroatoms. The topological polar surface area (TPSA) is 112 Å². The summed E-state index contributed by atoms with van der Waals surface area (Å²) >= 11 is 0. The fourth-order valence-electron chi connectivity index (χ4n) is 0.774. The number of aromatic nitrogens is 2. The maximum atomic E-state index is 10.7. The number of hydrogen-bond donors (Lipinski definition) is 4. The molecule has 0 fully saturated rings. The number of H-pyrrole nitrogens is 2. The molecule has 1 heterocycles. The van der Waals surface area contributed by atoms with Crippen molar-refractivity contribution in [1.82, 2.24) is 10.2 Å². The van der Waals surface area contributed by atoms with Gasteiger partial charge in [-0.3, -0.25) is 9.89 Å². The molecule has 0 bridgehead atoms. The SMILES string of the molecule is NCc1[nH][nH]c(=O)c1C(=O)O. The third-order valence-corrected chi connectivity index (χ3v) is 1.27. The maximum absolute atomic E-state index is 10.7. The zero-order chi connectivity index (χ0) is 8.43. The second kappa shape index (κ2) is 2.59. The Morgan fingerprint density at radius 2 is 2.18 bits per heavy atom. The van der Waals surface area contributed by atoms with E-state index in [-0.39, 0.29) is 17.8 Å². The summed E-state index contributed by atoms with van der Waals surface area (Å²) in [7, 11) is 0. The van der Waals surface area contributed by atoms with E-state index in [1.54, 1.807) is 0 Å². The van der Waals surface area contributed by atoms with Crippen molar-refractivity contribution in [2.45, 2.75) is 6.54 Å². The zero-order valence-corrected chi connectivity index (χ0v) is 5.55. The van der Waals surface area contributed by atoms with E-state index in [4.69, 9.17) is 10.8 Å². The summed E-state index contributed by atoms with van der Waals surface area (Å²) in [6, 6.07) is 0. The first kappa shape index (κ1) is 7.55. The van der Waals surface area contributed by atoms with Gasteiger partial charge in [0.1, 0.15) is 5.56 Å². The highest BCUT2D eigenvalue weighted by molar-refractivity contribution is 5.88. The number of aromatic carboxylic acids is 1. The Morgan fingerprint density at radius 1 is 1.55 bits per heavy atom. The second-order valence-corrected chi connectivity index (χ2v) is 1.94. The van der Waals surface area contributed by atoms with Gasteiger partial charge in [0.15, 0.2) is 0 Å². The average molecular weight is 157 g/mol. The van der Waals surface area contributed by atoms with Crippen molar-refractivity contribution in [3.8, 4) is 0 Å². The molecular weight excluding hydrogens is 150 g/mol. The molecule has 0 unspecified atom stereocenters. The molecule has 0 saturated heterocycles. The number of carboxylic acid groups (broad SMARTS) is 1. The normalized spacial score (nSPS) is 9.91. The van der Waals surface area contributed by atoms with Crippen molar-refractivity contribution in [3.63, 3.8) is 0 Å². The second-order valence-electron chi connectivity index (χ2n) is 1.94. The van der Waals surface area contributed by atoms with Crippen LogP contribution in [0.25, 0.3) is 0 Å². The molecule has 0 amide bonds. The summed E-state index contributed by atoms with van der Waals surface area (Å²) in [6.45, 7) is 0.000370. The highest BCUT2D eigenvalue weighted by atomic mass is 16.4. The summed E-state index contributed by atoms with van der Waals surface area (Å²) in [4.78, 5) is 21.1. The summed E-state index contributed by atoms with van der Waals surface area (Å²) < 4.78 is 0. The van der Waals surface area contributed by atoms with E-state index in [2.05, 4.69) is 10.2 Å². The van der Waals surface area contributed by atoms with Crippen LogP contribution in [0, 0.1) is 0 Å². The number of carbonyl (C=O) groups is 1. The van der Waals surface area contributed by atoms with Gasteiger partial charge in [-0.15, -0.1) is 0 Å². The Labute approximate surface area is 61.0 Å². The highest BCUT2D eigenvalue weighted by Gasteiger charge is 2.14. The third-order valence-electron chi connectivity index (χ3n) is 1.27. The lowest BCUT2D eigenvalue weighted by molar-refractivity contribution is 0.0694. The lowest BCUT2D eigenvalue weighted by Crippen LogP contribution is -2.14. The Kier molecular flexibility index (Phi) is 1.77. The average Bonchev–Trinajstić information content (AvgIpc) is 2.30. The molecule has 6 nitrogen and oxygen atoms in total. The van der Waals surface area contributed by atoms with Crippen LogP contribution in [-0.4, -0.2) is 21.3 Å². The zero-order valence-electron chi connectivity index (χ0n) is 5.55. The fraction of sp³-hybridized carbons (Fsp3) is 0.200. The van der Waals surface area contributed by atoms with Gasteiger partial charge in [0, 0.05) is 6.54 Å².